The summed E-state index contributed by atoms with van der Waals surface area (Å²) >= 11 is 6.05. The Morgan fingerprint density at radius 1 is 1.24 bits per heavy atom. The normalized spacial score (nSPS) is 10.7. The minimum Gasteiger partial charge on any atom is -0.457 e. The highest BCUT2D eigenvalue weighted by atomic mass is 35.5. The fourth-order valence-electron chi connectivity index (χ4n) is 2.00. The number of aryl methyl sites for hydroxylation is 2. The first-order valence-corrected chi connectivity index (χ1v) is 7.58. The van der Waals surface area contributed by atoms with E-state index < -0.39 is 0 Å². The lowest BCUT2D eigenvalue weighted by Gasteiger charge is -2.13. The molecule has 0 unspecified atom stereocenters. The van der Waals surface area contributed by atoms with Gasteiger partial charge in [-0.15, -0.1) is 0 Å². The third-order valence-electron chi connectivity index (χ3n) is 3.18. The van der Waals surface area contributed by atoms with Gasteiger partial charge in [-0.25, -0.2) is 0 Å². The zero-order valence-electron chi connectivity index (χ0n) is 12.7. The van der Waals surface area contributed by atoms with E-state index in [9.17, 15) is 0 Å². The topological polar surface area (TPSA) is 34.2 Å². The van der Waals surface area contributed by atoms with Gasteiger partial charge in [-0.05, 0) is 50.6 Å². The van der Waals surface area contributed by atoms with Crippen LogP contribution in [0.5, 0.6) is 11.5 Å². The van der Waals surface area contributed by atoms with Crippen LogP contribution in [0.25, 0.3) is 0 Å². The summed E-state index contributed by atoms with van der Waals surface area (Å²) in [4.78, 5) is 4.35. The average Bonchev–Trinajstić information content (AvgIpc) is 2.45. The van der Waals surface area contributed by atoms with E-state index in [0.717, 1.165) is 52.9 Å². The zero-order chi connectivity index (χ0) is 15.2. The van der Waals surface area contributed by atoms with Gasteiger partial charge in [0, 0.05) is 35.1 Å². The molecule has 3 nitrogen and oxygen atoms in total. The van der Waals surface area contributed by atoms with Gasteiger partial charge in [0.05, 0.1) is 0 Å². The highest BCUT2D eigenvalue weighted by Crippen LogP contribution is 2.28. The van der Waals surface area contributed by atoms with Crippen molar-refractivity contribution < 1.29 is 4.74 Å². The van der Waals surface area contributed by atoms with Crippen LogP contribution in [0.4, 0.5) is 0 Å². The number of benzene rings is 1. The van der Waals surface area contributed by atoms with Crippen molar-refractivity contribution in [3.05, 3.63) is 52.3 Å². The molecule has 0 aliphatic heterocycles. The maximum absolute atomic E-state index is 6.05. The van der Waals surface area contributed by atoms with Crippen LogP contribution in [0.3, 0.4) is 0 Å². The molecule has 0 saturated heterocycles. The molecule has 0 saturated carbocycles. The number of aromatic nitrogens is 1. The maximum atomic E-state index is 6.05. The Morgan fingerprint density at radius 3 is 2.76 bits per heavy atom. The Morgan fingerprint density at radius 2 is 2.05 bits per heavy atom. The van der Waals surface area contributed by atoms with Crippen molar-refractivity contribution in [3.63, 3.8) is 0 Å². The molecule has 0 bridgehead atoms. The molecule has 21 heavy (non-hydrogen) atoms. The molecule has 0 aliphatic carbocycles. The number of hydrogen-bond donors (Lipinski definition) is 1. The molecule has 1 aromatic carbocycles. The van der Waals surface area contributed by atoms with E-state index in [1.165, 1.54) is 0 Å². The molecular formula is C17H21ClN2O. The molecule has 0 amide bonds. The van der Waals surface area contributed by atoms with Gasteiger partial charge in [0.25, 0.3) is 0 Å². The maximum Gasteiger partial charge on any atom is 0.135 e. The lowest BCUT2D eigenvalue weighted by Crippen LogP contribution is -2.14. The summed E-state index contributed by atoms with van der Waals surface area (Å²) < 4.78 is 6.02. The van der Waals surface area contributed by atoms with Gasteiger partial charge in [-0.2, -0.15) is 0 Å². The van der Waals surface area contributed by atoms with E-state index in [4.69, 9.17) is 16.3 Å². The zero-order valence-corrected chi connectivity index (χ0v) is 13.5. The summed E-state index contributed by atoms with van der Waals surface area (Å²) in [5.41, 5.74) is 3.00. The third-order valence-corrected chi connectivity index (χ3v) is 3.60. The van der Waals surface area contributed by atoms with E-state index in [0.29, 0.717) is 0 Å². The highest BCUT2D eigenvalue weighted by Gasteiger charge is 2.07. The quantitative estimate of drug-likeness (QED) is 0.789. The fourth-order valence-corrected chi connectivity index (χ4v) is 2.12. The molecule has 0 fully saturated rings. The second-order valence-electron chi connectivity index (χ2n) is 5.12. The number of rotatable bonds is 6. The van der Waals surface area contributed by atoms with Crippen LogP contribution >= 0.6 is 11.6 Å². The number of nitrogens with zero attached hydrogens (tertiary/aromatic N) is 1. The van der Waals surface area contributed by atoms with E-state index in [1.807, 2.05) is 44.3 Å². The van der Waals surface area contributed by atoms with Crippen molar-refractivity contribution in [2.45, 2.75) is 33.7 Å². The van der Waals surface area contributed by atoms with E-state index in [2.05, 4.69) is 17.2 Å². The molecule has 1 aromatic heterocycles. The van der Waals surface area contributed by atoms with Gasteiger partial charge in [0.2, 0.25) is 0 Å². The lowest BCUT2D eigenvalue weighted by molar-refractivity contribution is 0.470. The first kappa shape index (κ1) is 15.8. The number of nitrogens with one attached hydrogen (secondary N) is 1. The average molecular weight is 305 g/mol. The second-order valence-corrected chi connectivity index (χ2v) is 5.53. The molecule has 4 heteroatoms. The predicted molar refractivity (Wildman–Crippen MR) is 87.2 cm³/mol. The van der Waals surface area contributed by atoms with Crippen molar-refractivity contribution >= 4 is 11.6 Å². The van der Waals surface area contributed by atoms with Crippen molar-refractivity contribution in [1.29, 1.82) is 0 Å². The minimum atomic E-state index is 0.748. The lowest BCUT2D eigenvalue weighted by atomic mass is 10.2. The third kappa shape index (κ3) is 4.45. The van der Waals surface area contributed by atoms with Crippen LogP contribution in [0, 0.1) is 13.8 Å². The van der Waals surface area contributed by atoms with Crippen LogP contribution in [-0.2, 0) is 6.54 Å². The molecule has 1 N–H and O–H groups in total. The molecule has 0 aliphatic rings. The number of hydrogen-bond acceptors (Lipinski definition) is 3. The summed E-state index contributed by atoms with van der Waals surface area (Å²) in [5.74, 6) is 1.63. The van der Waals surface area contributed by atoms with Gasteiger partial charge >= 0.3 is 0 Å². The summed E-state index contributed by atoms with van der Waals surface area (Å²) in [7, 11) is 0. The predicted octanol–water partition coefficient (Wildman–Crippen LogP) is 4.64. The largest absolute Gasteiger partial charge is 0.457 e. The molecule has 2 aromatic rings. The van der Waals surface area contributed by atoms with Crippen molar-refractivity contribution in [2.24, 2.45) is 0 Å². The van der Waals surface area contributed by atoms with Crippen molar-refractivity contribution in [1.82, 2.24) is 10.3 Å². The molecule has 0 atom stereocenters. The van der Waals surface area contributed by atoms with E-state index in [1.54, 1.807) is 0 Å². The monoisotopic (exact) mass is 304 g/mol. The van der Waals surface area contributed by atoms with Crippen LogP contribution in [0.15, 0.2) is 30.5 Å². The molecule has 0 radical (unpaired) electrons. The van der Waals surface area contributed by atoms with Gasteiger partial charge in [-0.3, -0.25) is 4.98 Å². The number of ether oxygens (including phenoxy) is 1. The van der Waals surface area contributed by atoms with Crippen LogP contribution in [-0.4, -0.2) is 11.5 Å². The van der Waals surface area contributed by atoms with Crippen molar-refractivity contribution in [2.75, 3.05) is 6.54 Å². The Labute approximate surface area is 131 Å². The van der Waals surface area contributed by atoms with Crippen LogP contribution in [0.2, 0.25) is 5.02 Å². The smallest absolute Gasteiger partial charge is 0.135 e. The van der Waals surface area contributed by atoms with Crippen LogP contribution in [0.1, 0.15) is 30.2 Å². The van der Waals surface area contributed by atoms with Crippen molar-refractivity contribution in [3.8, 4) is 11.5 Å². The summed E-state index contributed by atoms with van der Waals surface area (Å²) in [5, 5.41) is 4.12. The SMILES string of the molecule is CCCNCc1cnc(C)cc1Oc1ccc(Cl)c(C)c1. The van der Waals surface area contributed by atoms with E-state index in [-0.39, 0.29) is 0 Å². The number of pyridine rings is 1. The molecule has 112 valence electrons. The van der Waals surface area contributed by atoms with Gasteiger partial charge < -0.3 is 10.1 Å². The summed E-state index contributed by atoms with van der Waals surface area (Å²) in [6.07, 6.45) is 2.97. The van der Waals surface area contributed by atoms with E-state index >= 15 is 0 Å². The Kier molecular flexibility index (Phi) is 5.59. The second kappa shape index (κ2) is 7.43. The first-order chi connectivity index (χ1) is 10.1. The van der Waals surface area contributed by atoms with Gasteiger partial charge in [-0.1, -0.05) is 18.5 Å². The fraction of sp³-hybridized carbons (Fsp3) is 0.353. The van der Waals surface area contributed by atoms with Gasteiger partial charge in [0.15, 0.2) is 0 Å². The minimum absolute atomic E-state index is 0.748. The summed E-state index contributed by atoms with van der Waals surface area (Å²) in [6.45, 7) is 7.81. The Balaban J connectivity index is 2.20. The Hall–Kier alpha value is -1.58. The standard InChI is InChI=1S/C17H21ClN2O/c1-4-7-19-10-14-11-20-13(3)9-17(14)21-15-5-6-16(18)12(2)8-15/h5-6,8-9,11,19H,4,7,10H2,1-3H3. The van der Waals surface area contributed by atoms with Gasteiger partial charge in [0.1, 0.15) is 11.5 Å². The first-order valence-electron chi connectivity index (χ1n) is 7.20. The molecular weight excluding hydrogens is 284 g/mol. The summed E-state index contributed by atoms with van der Waals surface area (Å²) in [6, 6.07) is 7.65. The molecule has 2 rings (SSSR count). The van der Waals surface area contributed by atoms with Crippen LogP contribution < -0.4 is 10.1 Å². The highest BCUT2D eigenvalue weighted by molar-refractivity contribution is 6.31. The molecule has 0 spiro atoms. The molecule has 1 heterocycles. The number of halogens is 1. The Bertz CT molecular complexity index is 614.